The standard InChI is InChI=1S/C17H18Cl2N4O2S/c18-14-9-11(15(19)26-14)16(24)21-5-7-22(8-6-21)17(25)12-10-20-23-4-2-1-3-13(12)23/h9-10H,1-8H2. The Labute approximate surface area is 165 Å². The first-order valence-corrected chi connectivity index (χ1v) is 10.2. The first-order valence-electron chi connectivity index (χ1n) is 8.62. The van der Waals surface area contributed by atoms with Crippen molar-refractivity contribution < 1.29 is 9.59 Å². The fourth-order valence-corrected chi connectivity index (χ4v) is 4.99. The Balaban J connectivity index is 1.42. The zero-order valence-electron chi connectivity index (χ0n) is 14.1. The second-order valence-electron chi connectivity index (χ2n) is 6.51. The molecule has 9 heteroatoms. The van der Waals surface area contributed by atoms with E-state index in [0.717, 1.165) is 31.5 Å². The van der Waals surface area contributed by atoms with Gasteiger partial charge in [-0.05, 0) is 25.3 Å². The molecule has 1 saturated heterocycles. The molecule has 138 valence electrons. The molecule has 0 bridgehead atoms. The second kappa shape index (κ2) is 7.21. The van der Waals surface area contributed by atoms with Crippen LogP contribution in [0.1, 0.15) is 39.3 Å². The quantitative estimate of drug-likeness (QED) is 0.760. The molecule has 2 aliphatic heterocycles. The van der Waals surface area contributed by atoms with Gasteiger partial charge in [0.05, 0.1) is 27.4 Å². The first-order chi connectivity index (χ1) is 12.5. The maximum Gasteiger partial charge on any atom is 0.257 e. The van der Waals surface area contributed by atoms with Crippen LogP contribution in [0, 0.1) is 0 Å². The summed E-state index contributed by atoms with van der Waals surface area (Å²) in [5.74, 6) is -0.120. The summed E-state index contributed by atoms with van der Waals surface area (Å²) in [5.41, 5.74) is 2.18. The predicted octanol–water partition coefficient (Wildman–Crippen LogP) is 3.19. The summed E-state index contributed by atoms with van der Waals surface area (Å²) >= 11 is 13.2. The van der Waals surface area contributed by atoms with Gasteiger partial charge in [0.25, 0.3) is 11.8 Å². The molecule has 2 aromatic rings. The van der Waals surface area contributed by atoms with Gasteiger partial charge in [-0.1, -0.05) is 23.2 Å². The highest BCUT2D eigenvalue weighted by Gasteiger charge is 2.29. The fourth-order valence-electron chi connectivity index (χ4n) is 3.54. The van der Waals surface area contributed by atoms with Gasteiger partial charge in [0, 0.05) is 32.7 Å². The average Bonchev–Trinajstić information content (AvgIpc) is 3.23. The maximum atomic E-state index is 12.9. The summed E-state index contributed by atoms with van der Waals surface area (Å²) in [6.07, 6.45) is 4.79. The molecule has 2 aliphatic rings. The minimum Gasteiger partial charge on any atom is -0.335 e. The van der Waals surface area contributed by atoms with Gasteiger partial charge in [-0.15, -0.1) is 11.3 Å². The zero-order chi connectivity index (χ0) is 18.3. The van der Waals surface area contributed by atoms with Gasteiger partial charge >= 0.3 is 0 Å². The molecule has 6 nitrogen and oxygen atoms in total. The lowest BCUT2D eigenvalue weighted by Gasteiger charge is -2.34. The lowest BCUT2D eigenvalue weighted by molar-refractivity contribution is 0.0535. The molecule has 0 saturated carbocycles. The number of amides is 2. The number of hydrogen-bond acceptors (Lipinski definition) is 4. The van der Waals surface area contributed by atoms with E-state index in [0.29, 0.717) is 46.0 Å². The summed E-state index contributed by atoms with van der Waals surface area (Å²) in [4.78, 5) is 29.0. The lowest BCUT2D eigenvalue weighted by atomic mass is 10.1. The molecule has 0 aromatic carbocycles. The van der Waals surface area contributed by atoms with Gasteiger partial charge in [0.15, 0.2) is 0 Å². The van der Waals surface area contributed by atoms with Crippen molar-refractivity contribution >= 4 is 46.4 Å². The minimum atomic E-state index is -0.131. The molecular weight excluding hydrogens is 395 g/mol. The van der Waals surface area contributed by atoms with Crippen LogP contribution in [0.2, 0.25) is 8.67 Å². The van der Waals surface area contributed by atoms with E-state index in [1.165, 1.54) is 11.3 Å². The molecule has 0 N–H and O–H groups in total. The van der Waals surface area contributed by atoms with Crippen molar-refractivity contribution in [2.24, 2.45) is 0 Å². The van der Waals surface area contributed by atoms with Crippen LogP contribution in [-0.2, 0) is 13.0 Å². The van der Waals surface area contributed by atoms with Gasteiger partial charge in [0.2, 0.25) is 0 Å². The lowest BCUT2D eigenvalue weighted by Crippen LogP contribution is -2.50. The molecule has 0 unspecified atom stereocenters. The number of hydrogen-bond donors (Lipinski definition) is 0. The Bertz CT molecular complexity index is 855. The summed E-state index contributed by atoms with van der Waals surface area (Å²) in [7, 11) is 0. The highest BCUT2D eigenvalue weighted by atomic mass is 35.5. The molecule has 0 atom stereocenters. The highest BCUT2D eigenvalue weighted by molar-refractivity contribution is 7.20. The van der Waals surface area contributed by atoms with Crippen molar-refractivity contribution in [2.75, 3.05) is 26.2 Å². The molecule has 0 radical (unpaired) electrons. The van der Waals surface area contributed by atoms with Crippen LogP contribution in [0.4, 0.5) is 0 Å². The average molecular weight is 413 g/mol. The van der Waals surface area contributed by atoms with Crippen LogP contribution in [0.15, 0.2) is 12.3 Å². The van der Waals surface area contributed by atoms with Gasteiger partial charge in [-0.2, -0.15) is 5.10 Å². The molecular formula is C17H18Cl2N4O2S. The monoisotopic (exact) mass is 412 g/mol. The molecule has 2 amide bonds. The molecule has 0 aliphatic carbocycles. The molecule has 2 aromatic heterocycles. The smallest absolute Gasteiger partial charge is 0.257 e. The third kappa shape index (κ3) is 3.23. The van der Waals surface area contributed by atoms with Crippen molar-refractivity contribution in [3.05, 3.63) is 37.8 Å². The fraction of sp³-hybridized carbons (Fsp3) is 0.471. The molecule has 4 heterocycles. The van der Waals surface area contributed by atoms with E-state index in [2.05, 4.69) is 5.10 Å². The van der Waals surface area contributed by atoms with E-state index in [1.54, 1.807) is 22.1 Å². The van der Waals surface area contributed by atoms with E-state index < -0.39 is 0 Å². The first kappa shape index (κ1) is 17.8. The van der Waals surface area contributed by atoms with Crippen molar-refractivity contribution in [3.63, 3.8) is 0 Å². The number of rotatable bonds is 2. The molecule has 26 heavy (non-hydrogen) atoms. The number of halogens is 2. The van der Waals surface area contributed by atoms with Crippen LogP contribution >= 0.6 is 34.5 Å². The van der Waals surface area contributed by atoms with Crippen molar-refractivity contribution in [2.45, 2.75) is 25.8 Å². The number of thiophene rings is 1. The third-order valence-electron chi connectivity index (χ3n) is 4.95. The number of carbonyl (C=O) groups is 2. The summed E-state index contributed by atoms with van der Waals surface area (Å²) < 4.78 is 2.85. The number of nitrogens with zero attached hydrogens (tertiary/aromatic N) is 4. The highest BCUT2D eigenvalue weighted by Crippen LogP contribution is 2.32. The molecule has 4 rings (SSSR count). The number of fused-ring (bicyclic) bond motifs is 1. The second-order valence-corrected chi connectivity index (χ2v) is 8.79. The van der Waals surface area contributed by atoms with Crippen LogP contribution < -0.4 is 0 Å². The minimum absolute atomic E-state index is 0.0110. The molecule has 1 fully saturated rings. The van der Waals surface area contributed by atoms with Crippen molar-refractivity contribution in [1.82, 2.24) is 19.6 Å². The Morgan fingerprint density at radius 1 is 0.962 bits per heavy atom. The van der Waals surface area contributed by atoms with Crippen LogP contribution in [0.25, 0.3) is 0 Å². The normalized spacial score (nSPS) is 17.3. The van der Waals surface area contributed by atoms with Gasteiger partial charge in [-0.25, -0.2) is 0 Å². The Hall–Kier alpha value is -1.57. The number of aryl methyl sites for hydroxylation is 1. The number of carbonyl (C=O) groups excluding carboxylic acids is 2. The Morgan fingerprint density at radius 3 is 2.23 bits per heavy atom. The SMILES string of the molecule is O=C(c1cc(Cl)sc1Cl)N1CCN(C(=O)c2cnn3c2CCCC3)CC1. The maximum absolute atomic E-state index is 12.9. The van der Waals surface area contributed by atoms with Crippen molar-refractivity contribution in [1.29, 1.82) is 0 Å². The topological polar surface area (TPSA) is 58.4 Å². The third-order valence-corrected chi connectivity index (χ3v) is 6.44. The van der Waals surface area contributed by atoms with Gasteiger partial charge in [-0.3, -0.25) is 14.3 Å². The van der Waals surface area contributed by atoms with E-state index >= 15 is 0 Å². The van der Waals surface area contributed by atoms with Gasteiger partial charge < -0.3 is 9.80 Å². The predicted molar refractivity (Wildman–Crippen MR) is 101 cm³/mol. The molecule has 0 spiro atoms. The van der Waals surface area contributed by atoms with Crippen LogP contribution in [0.5, 0.6) is 0 Å². The number of aromatic nitrogens is 2. The summed E-state index contributed by atoms with van der Waals surface area (Å²) in [6, 6.07) is 1.60. The van der Waals surface area contributed by atoms with Gasteiger partial charge in [0.1, 0.15) is 4.34 Å². The largest absolute Gasteiger partial charge is 0.335 e. The van der Waals surface area contributed by atoms with Crippen LogP contribution in [-0.4, -0.2) is 57.6 Å². The summed E-state index contributed by atoms with van der Waals surface area (Å²) in [5, 5.41) is 4.35. The van der Waals surface area contributed by atoms with E-state index in [1.807, 2.05) is 4.68 Å². The van der Waals surface area contributed by atoms with Crippen LogP contribution in [0.3, 0.4) is 0 Å². The Kier molecular flexibility index (Phi) is 4.94. The van der Waals surface area contributed by atoms with E-state index in [9.17, 15) is 9.59 Å². The number of piperazine rings is 1. The van der Waals surface area contributed by atoms with E-state index in [4.69, 9.17) is 23.2 Å². The summed E-state index contributed by atoms with van der Waals surface area (Å²) in [6.45, 7) is 2.86. The van der Waals surface area contributed by atoms with E-state index in [-0.39, 0.29) is 11.8 Å². The Morgan fingerprint density at radius 2 is 1.62 bits per heavy atom. The zero-order valence-corrected chi connectivity index (χ0v) is 16.4. The van der Waals surface area contributed by atoms with Crippen molar-refractivity contribution in [3.8, 4) is 0 Å².